The Morgan fingerprint density at radius 3 is 2.85 bits per heavy atom. The van der Waals surface area contributed by atoms with Crippen molar-refractivity contribution in [2.24, 2.45) is 0 Å². The first-order valence-corrected chi connectivity index (χ1v) is 5.72. The molecule has 0 radical (unpaired) electrons. The Bertz CT molecular complexity index is 248. The van der Waals surface area contributed by atoms with E-state index in [0.29, 0.717) is 0 Å². The second-order valence-electron chi connectivity index (χ2n) is 3.28. The van der Waals surface area contributed by atoms with Crippen LogP contribution < -0.4 is 0 Å². The quantitative estimate of drug-likeness (QED) is 0.712. The predicted octanol–water partition coefficient (Wildman–Crippen LogP) is 3.97. The number of halogens is 1. The van der Waals surface area contributed by atoms with Crippen LogP contribution in [0.2, 0.25) is 0 Å². The van der Waals surface area contributed by atoms with Gasteiger partial charge in [0, 0.05) is 16.4 Å². The van der Waals surface area contributed by atoms with Crippen LogP contribution >= 0.6 is 15.9 Å². The van der Waals surface area contributed by atoms with Crippen molar-refractivity contribution in [1.29, 1.82) is 0 Å². The second kappa shape index (κ2) is 6.14. The van der Waals surface area contributed by atoms with Crippen LogP contribution in [0.5, 0.6) is 0 Å². The summed E-state index contributed by atoms with van der Waals surface area (Å²) in [6.07, 6.45) is 8.20. The number of hydrogen-bond acceptors (Lipinski definition) is 1. The lowest BCUT2D eigenvalue weighted by Gasteiger charge is -2.00. The van der Waals surface area contributed by atoms with Crippen LogP contribution in [0.4, 0.5) is 0 Å². The topological polar surface area (TPSA) is 12.9 Å². The van der Waals surface area contributed by atoms with Gasteiger partial charge in [0.2, 0.25) is 0 Å². The van der Waals surface area contributed by atoms with Crippen molar-refractivity contribution in [3.05, 3.63) is 28.5 Å². The van der Waals surface area contributed by atoms with Crippen molar-refractivity contribution in [3.63, 3.8) is 0 Å². The van der Waals surface area contributed by atoms with Gasteiger partial charge in [0.25, 0.3) is 0 Å². The highest BCUT2D eigenvalue weighted by molar-refractivity contribution is 9.10. The SMILES string of the molecule is CCCCCCc1cc(Br)ccn1. The van der Waals surface area contributed by atoms with Crippen LogP contribution in [0, 0.1) is 0 Å². The Balaban J connectivity index is 2.28. The normalized spacial score (nSPS) is 10.3. The highest BCUT2D eigenvalue weighted by atomic mass is 79.9. The Morgan fingerprint density at radius 1 is 1.31 bits per heavy atom. The fourth-order valence-electron chi connectivity index (χ4n) is 1.32. The summed E-state index contributed by atoms with van der Waals surface area (Å²) in [6.45, 7) is 2.23. The zero-order valence-electron chi connectivity index (χ0n) is 8.09. The molecule has 1 heterocycles. The average Bonchev–Trinajstić information content (AvgIpc) is 2.13. The number of unbranched alkanes of at least 4 members (excludes halogenated alkanes) is 3. The molecule has 72 valence electrons. The minimum absolute atomic E-state index is 1.11. The molecule has 1 aromatic heterocycles. The van der Waals surface area contributed by atoms with Crippen LogP contribution in [0.3, 0.4) is 0 Å². The van der Waals surface area contributed by atoms with Crippen LogP contribution in [0.25, 0.3) is 0 Å². The maximum atomic E-state index is 4.31. The first-order valence-electron chi connectivity index (χ1n) is 4.93. The van der Waals surface area contributed by atoms with E-state index in [1.807, 2.05) is 12.3 Å². The third-order valence-corrected chi connectivity index (χ3v) is 2.56. The lowest BCUT2D eigenvalue weighted by Crippen LogP contribution is -1.89. The summed E-state index contributed by atoms with van der Waals surface area (Å²) in [7, 11) is 0. The fourth-order valence-corrected chi connectivity index (χ4v) is 1.70. The number of hydrogen-bond donors (Lipinski definition) is 0. The van der Waals surface area contributed by atoms with E-state index in [4.69, 9.17) is 0 Å². The Labute approximate surface area is 88.7 Å². The van der Waals surface area contributed by atoms with Crippen molar-refractivity contribution in [2.75, 3.05) is 0 Å². The van der Waals surface area contributed by atoms with Crippen LogP contribution in [-0.4, -0.2) is 4.98 Å². The zero-order valence-corrected chi connectivity index (χ0v) is 9.68. The van der Waals surface area contributed by atoms with E-state index >= 15 is 0 Å². The number of rotatable bonds is 5. The summed E-state index contributed by atoms with van der Waals surface area (Å²) in [4.78, 5) is 4.31. The molecular formula is C11H16BrN. The minimum Gasteiger partial charge on any atom is -0.261 e. The molecule has 0 aliphatic carbocycles. The number of pyridine rings is 1. The summed E-state index contributed by atoms with van der Waals surface area (Å²) in [5, 5.41) is 0. The smallest absolute Gasteiger partial charge is 0.0414 e. The van der Waals surface area contributed by atoms with Gasteiger partial charge in [-0.2, -0.15) is 0 Å². The molecule has 0 fully saturated rings. The van der Waals surface area contributed by atoms with E-state index in [9.17, 15) is 0 Å². The Hall–Kier alpha value is -0.370. The lowest BCUT2D eigenvalue weighted by atomic mass is 10.1. The van der Waals surface area contributed by atoms with Crippen molar-refractivity contribution < 1.29 is 0 Å². The van der Waals surface area contributed by atoms with Gasteiger partial charge in [-0.25, -0.2) is 0 Å². The molecule has 0 unspecified atom stereocenters. The van der Waals surface area contributed by atoms with Crippen molar-refractivity contribution in [3.8, 4) is 0 Å². The average molecular weight is 242 g/mol. The number of aromatic nitrogens is 1. The molecule has 0 aliphatic rings. The van der Waals surface area contributed by atoms with Crippen LogP contribution in [-0.2, 0) is 6.42 Å². The van der Waals surface area contributed by atoms with Gasteiger partial charge < -0.3 is 0 Å². The van der Waals surface area contributed by atoms with E-state index in [0.717, 1.165) is 10.9 Å². The van der Waals surface area contributed by atoms with Crippen molar-refractivity contribution in [1.82, 2.24) is 4.98 Å². The molecule has 0 saturated heterocycles. The molecule has 1 aromatic rings. The van der Waals surface area contributed by atoms with Gasteiger partial charge in [-0.05, 0) is 25.0 Å². The van der Waals surface area contributed by atoms with E-state index in [2.05, 4.69) is 33.9 Å². The largest absolute Gasteiger partial charge is 0.261 e. The second-order valence-corrected chi connectivity index (χ2v) is 4.19. The molecule has 0 spiro atoms. The summed E-state index contributed by atoms with van der Waals surface area (Å²) in [6, 6.07) is 4.07. The van der Waals surface area contributed by atoms with Gasteiger partial charge in [0.1, 0.15) is 0 Å². The van der Waals surface area contributed by atoms with Gasteiger partial charge in [0.05, 0.1) is 0 Å². The lowest BCUT2D eigenvalue weighted by molar-refractivity contribution is 0.660. The minimum atomic E-state index is 1.11. The highest BCUT2D eigenvalue weighted by Gasteiger charge is 1.95. The molecule has 1 nitrogen and oxygen atoms in total. The molecule has 0 aliphatic heterocycles. The molecule has 0 amide bonds. The maximum absolute atomic E-state index is 4.31. The maximum Gasteiger partial charge on any atom is 0.0414 e. The molecule has 0 saturated carbocycles. The Morgan fingerprint density at radius 2 is 2.15 bits per heavy atom. The van der Waals surface area contributed by atoms with Gasteiger partial charge in [-0.15, -0.1) is 0 Å². The van der Waals surface area contributed by atoms with Gasteiger partial charge in [-0.3, -0.25) is 4.98 Å². The molecule has 0 atom stereocenters. The van der Waals surface area contributed by atoms with E-state index < -0.39 is 0 Å². The summed E-state index contributed by atoms with van der Waals surface area (Å²) in [5.74, 6) is 0. The van der Waals surface area contributed by atoms with E-state index in [1.54, 1.807) is 0 Å². The molecule has 2 heteroatoms. The van der Waals surface area contributed by atoms with Gasteiger partial charge in [-0.1, -0.05) is 42.1 Å². The number of nitrogens with zero attached hydrogens (tertiary/aromatic N) is 1. The van der Waals surface area contributed by atoms with Crippen LogP contribution in [0.1, 0.15) is 38.3 Å². The monoisotopic (exact) mass is 241 g/mol. The number of aryl methyl sites for hydroxylation is 1. The van der Waals surface area contributed by atoms with Crippen molar-refractivity contribution in [2.45, 2.75) is 39.0 Å². The molecule has 13 heavy (non-hydrogen) atoms. The summed E-state index contributed by atoms with van der Waals surface area (Å²) in [5.41, 5.74) is 1.20. The highest BCUT2D eigenvalue weighted by Crippen LogP contribution is 2.11. The summed E-state index contributed by atoms with van der Waals surface area (Å²) >= 11 is 3.44. The molecule has 0 bridgehead atoms. The van der Waals surface area contributed by atoms with Crippen molar-refractivity contribution >= 4 is 15.9 Å². The first-order chi connectivity index (χ1) is 6.33. The first kappa shape index (κ1) is 10.7. The standard InChI is InChI=1S/C11H16BrN/c1-2-3-4-5-6-11-9-10(12)7-8-13-11/h7-9H,2-6H2,1H3. The summed E-state index contributed by atoms with van der Waals surface area (Å²) < 4.78 is 1.13. The third kappa shape index (κ3) is 4.41. The van der Waals surface area contributed by atoms with Gasteiger partial charge >= 0.3 is 0 Å². The van der Waals surface area contributed by atoms with Crippen LogP contribution in [0.15, 0.2) is 22.8 Å². The van der Waals surface area contributed by atoms with E-state index in [1.165, 1.54) is 31.4 Å². The molecule has 0 N–H and O–H groups in total. The molecule has 0 aromatic carbocycles. The van der Waals surface area contributed by atoms with E-state index in [-0.39, 0.29) is 0 Å². The van der Waals surface area contributed by atoms with Gasteiger partial charge in [0.15, 0.2) is 0 Å². The predicted molar refractivity (Wildman–Crippen MR) is 59.8 cm³/mol. The fraction of sp³-hybridized carbons (Fsp3) is 0.545. The molecular weight excluding hydrogens is 226 g/mol. The third-order valence-electron chi connectivity index (χ3n) is 2.07. The zero-order chi connectivity index (χ0) is 9.52. The Kier molecular flexibility index (Phi) is 5.06. The molecule has 1 rings (SSSR count).